The molecule has 0 aliphatic carbocycles. The van der Waals surface area contributed by atoms with Gasteiger partial charge in [-0.05, 0) is 39.0 Å². The van der Waals surface area contributed by atoms with Gasteiger partial charge in [0.2, 0.25) is 0 Å². The van der Waals surface area contributed by atoms with Gasteiger partial charge in [0.25, 0.3) is 0 Å². The first-order valence-corrected chi connectivity index (χ1v) is 4.22. The minimum Gasteiger partial charge on any atom is -0.317 e. The third kappa shape index (κ3) is 2.27. The largest absolute Gasteiger partial charge is 0.317 e. The van der Waals surface area contributed by atoms with Crippen molar-refractivity contribution in [2.75, 3.05) is 33.2 Å². The second kappa shape index (κ2) is 3.94. The number of nitrogens with zero attached hydrogens (tertiary/aromatic N) is 1. The van der Waals surface area contributed by atoms with E-state index in [1.165, 1.54) is 26.1 Å². The number of rotatable bonds is 3. The van der Waals surface area contributed by atoms with Crippen LogP contribution in [-0.2, 0) is 0 Å². The molecule has 1 heterocycles. The quantitative estimate of drug-likeness (QED) is 0.619. The highest BCUT2D eigenvalue weighted by Crippen LogP contribution is 2.12. The second-order valence-corrected chi connectivity index (χ2v) is 3.22. The molecular weight excluding hydrogens is 124 g/mol. The Morgan fingerprint density at radius 2 is 2.40 bits per heavy atom. The van der Waals surface area contributed by atoms with E-state index < -0.39 is 0 Å². The van der Waals surface area contributed by atoms with Crippen LogP contribution in [0.4, 0.5) is 0 Å². The van der Waals surface area contributed by atoms with Crippen LogP contribution in [0.1, 0.15) is 13.3 Å². The summed E-state index contributed by atoms with van der Waals surface area (Å²) in [7, 11) is 2.20. The predicted molar refractivity (Wildman–Crippen MR) is 44.1 cm³/mol. The average molecular weight is 142 g/mol. The lowest BCUT2D eigenvalue weighted by Crippen LogP contribution is -2.24. The van der Waals surface area contributed by atoms with Crippen LogP contribution >= 0.6 is 0 Å². The summed E-state index contributed by atoms with van der Waals surface area (Å²) >= 11 is 0. The summed E-state index contributed by atoms with van der Waals surface area (Å²) in [4.78, 5) is 2.40. The molecule has 1 aliphatic rings. The van der Waals surface area contributed by atoms with Crippen molar-refractivity contribution in [1.29, 1.82) is 0 Å². The zero-order chi connectivity index (χ0) is 7.40. The molecule has 10 heavy (non-hydrogen) atoms. The molecule has 2 nitrogen and oxygen atoms in total. The average Bonchev–Trinajstić information content (AvgIpc) is 2.31. The molecule has 1 rings (SSSR count). The Bertz CT molecular complexity index is 93.3. The Morgan fingerprint density at radius 1 is 1.60 bits per heavy atom. The van der Waals surface area contributed by atoms with Crippen molar-refractivity contribution < 1.29 is 0 Å². The molecule has 0 amide bonds. The molecule has 0 aromatic carbocycles. The van der Waals surface area contributed by atoms with Crippen LogP contribution < -0.4 is 5.32 Å². The molecule has 0 spiro atoms. The summed E-state index contributed by atoms with van der Waals surface area (Å²) in [5.74, 6) is 0.907. The van der Waals surface area contributed by atoms with Crippen molar-refractivity contribution in [3.63, 3.8) is 0 Å². The highest BCUT2D eigenvalue weighted by atomic mass is 15.1. The summed E-state index contributed by atoms with van der Waals surface area (Å²) < 4.78 is 0. The Kier molecular flexibility index (Phi) is 3.16. The summed E-state index contributed by atoms with van der Waals surface area (Å²) in [6, 6.07) is 0. The van der Waals surface area contributed by atoms with Gasteiger partial charge in [-0.25, -0.2) is 0 Å². The molecule has 1 atom stereocenters. The predicted octanol–water partition coefficient (Wildman–Crippen LogP) is 0.548. The van der Waals surface area contributed by atoms with E-state index in [0.29, 0.717) is 0 Å². The van der Waals surface area contributed by atoms with Gasteiger partial charge >= 0.3 is 0 Å². The van der Waals surface area contributed by atoms with Crippen LogP contribution in [-0.4, -0.2) is 38.1 Å². The SMILES string of the molecule is CCNCC1CCN(C)C1. The van der Waals surface area contributed by atoms with Crippen LogP contribution in [0.3, 0.4) is 0 Å². The molecule has 1 fully saturated rings. The first-order valence-electron chi connectivity index (χ1n) is 4.22. The van der Waals surface area contributed by atoms with E-state index in [0.717, 1.165) is 12.5 Å². The zero-order valence-corrected chi connectivity index (χ0v) is 7.06. The van der Waals surface area contributed by atoms with Crippen molar-refractivity contribution in [3.05, 3.63) is 0 Å². The van der Waals surface area contributed by atoms with E-state index in [-0.39, 0.29) is 0 Å². The molecule has 1 N–H and O–H groups in total. The van der Waals surface area contributed by atoms with E-state index in [9.17, 15) is 0 Å². The van der Waals surface area contributed by atoms with E-state index in [2.05, 4.69) is 24.2 Å². The topological polar surface area (TPSA) is 15.3 Å². The Hall–Kier alpha value is -0.0800. The fourth-order valence-corrected chi connectivity index (χ4v) is 1.54. The van der Waals surface area contributed by atoms with Gasteiger partial charge in [-0.1, -0.05) is 6.92 Å². The first kappa shape index (κ1) is 8.02. The standard InChI is InChI=1S/C8H18N2/c1-3-9-6-8-4-5-10(2)7-8/h8-9H,3-7H2,1-2H3. The van der Waals surface area contributed by atoms with Crippen LogP contribution in [0.5, 0.6) is 0 Å². The third-order valence-corrected chi connectivity index (χ3v) is 2.17. The summed E-state index contributed by atoms with van der Waals surface area (Å²) in [6.07, 6.45) is 1.38. The molecule has 0 radical (unpaired) electrons. The van der Waals surface area contributed by atoms with Crippen LogP contribution in [0.25, 0.3) is 0 Å². The van der Waals surface area contributed by atoms with Crippen molar-refractivity contribution in [3.8, 4) is 0 Å². The first-order chi connectivity index (χ1) is 4.83. The van der Waals surface area contributed by atoms with Gasteiger partial charge in [-0.3, -0.25) is 0 Å². The number of hydrogen-bond donors (Lipinski definition) is 1. The lowest BCUT2D eigenvalue weighted by Gasteiger charge is -2.09. The maximum atomic E-state index is 3.38. The van der Waals surface area contributed by atoms with E-state index in [1.54, 1.807) is 0 Å². The van der Waals surface area contributed by atoms with Crippen LogP contribution in [0, 0.1) is 5.92 Å². The maximum Gasteiger partial charge on any atom is 0.00192 e. The molecule has 0 saturated carbocycles. The van der Waals surface area contributed by atoms with Gasteiger partial charge in [0.15, 0.2) is 0 Å². The minimum absolute atomic E-state index is 0.907. The Morgan fingerprint density at radius 3 is 2.90 bits per heavy atom. The van der Waals surface area contributed by atoms with E-state index >= 15 is 0 Å². The van der Waals surface area contributed by atoms with Crippen molar-refractivity contribution in [2.45, 2.75) is 13.3 Å². The Labute approximate surface area is 63.6 Å². The fraction of sp³-hybridized carbons (Fsp3) is 1.00. The maximum absolute atomic E-state index is 3.38. The summed E-state index contributed by atoms with van der Waals surface area (Å²) in [5.41, 5.74) is 0. The third-order valence-electron chi connectivity index (χ3n) is 2.17. The van der Waals surface area contributed by atoms with Gasteiger partial charge in [-0.15, -0.1) is 0 Å². The van der Waals surface area contributed by atoms with E-state index in [1.807, 2.05) is 0 Å². The van der Waals surface area contributed by atoms with Crippen molar-refractivity contribution in [1.82, 2.24) is 10.2 Å². The molecule has 2 heteroatoms. The molecule has 0 aromatic rings. The molecule has 0 aromatic heterocycles. The normalized spacial score (nSPS) is 27.6. The molecule has 1 unspecified atom stereocenters. The fourth-order valence-electron chi connectivity index (χ4n) is 1.54. The van der Waals surface area contributed by atoms with Gasteiger partial charge < -0.3 is 10.2 Å². The lowest BCUT2D eigenvalue weighted by molar-refractivity contribution is 0.389. The Balaban J connectivity index is 2.06. The highest BCUT2D eigenvalue weighted by Gasteiger charge is 2.17. The van der Waals surface area contributed by atoms with Crippen LogP contribution in [0.2, 0.25) is 0 Å². The highest BCUT2D eigenvalue weighted by molar-refractivity contribution is 4.74. The molecule has 0 bridgehead atoms. The second-order valence-electron chi connectivity index (χ2n) is 3.22. The number of likely N-dealkylation sites (tertiary alicyclic amines) is 1. The van der Waals surface area contributed by atoms with E-state index in [4.69, 9.17) is 0 Å². The molecular formula is C8H18N2. The molecule has 60 valence electrons. The number of nitrogens with one attached hydrogen (secondary N) is 1. The van der Waals surface area contributed by atoms with Gasteiger partial charge in [-0.2, -0.15) is 0 Å². The summed E-state index contributed by atoms with van der Waals surface area (Å²) in [6.45, 7) is 7.06. The van der Waals surface area contributed by atoms with Crippen LogP contribution in [0.15, 0.2) is 0 Å². The zero-order valence-electron chi connectivity index (χ0n) is 7.06. The van der Waals surface area contributed by atoms with Gasteiger partial charge in [0, 0.05) is 6.54 Å². The summed E-state index contributed by atoms with van der Waals surface area (Å²) in [5, 5.41) is 3.38. The number of hydrogen-bond acceptors (Lipinski definition) is 2. The molecule has 1 saturated heterocycles. The lowest BCUT2D eigenvalue weighted by atomic mass is 10.1. The minimum atomic E-state index is 0.907. The van der Waals surface area contributed by atoms with Gasteiger partial charge in [0.1, 0.15) is 0 Å². The monoisotopic (exact) mass is 142 g/mol. The van der Waals surface area contributed by atoms with Crippen molar-refractivity contribution >= 4 is 0 Å². The molecule has 1 aliphatic heterocycles. The smallest absolute Gasteiger partial charge is 0.00192 e. The van der Waals surface area contributed by atoms with Gasteiger partial charge in [0.05, 0.1) is 0 Å². The van der Waals surface area contributed by atoms with Crippen molar-refractivity contribution in [2.24, 2.45) is 5.92 Å².